The Hall–Kier alpha value is -2.91. The minimum Gasteiger partial charge on any atom is -0.406 e. The van der Waals surface area contributed by atoms with Crippen LogP contribution in [0.15, 0.2) is 48.5 Å². The Kier molecular flexibility index (Phi) is 5.50. The minimum atomic E-state index is -4.72. The van der Waals surface area contributed by atoms with Crippen molar-refractivity contribution in [3.63, 3.8) is 0 Å². The molecule has 2 heterocycles. The predicted molar refractivity (Wildman–Crippen MR) is 102 cm³/mol. The molecule has 152 valence electrons. The van der Waals surface area contributed by atoms with Gasteiger partial charge in [-0.2, -0.15) is 0 Å². The van der Waals surface area contributed by atoms with E-state index in [1.807, 2.05) is 24.3 Å². The normalized spacial score (nSPS) is 15.4. The van der Waals surface area contributed by atoms with Gasteiger partial charge in [0.05, 0.1) is 25.3 Å². The van der Waals surface area contributed by atoms with Crippen LogP contribution in [0, 0.1) is 0 Å². The van der Waals surface area contributed by atoms with Crippen LogP contribution in [0.4, 0.5) is 24.7 Å². The SMILES string of the molecule is FC(F)(F)Oc1ccc(Nc2nc(CN3CCOCC3)nc3ccccc23)cc1. The lowest BCUT2D eigenvalue weighted by molar-refractivity contribution is -0.274. The molecular weight excluding hydrogens is 385 g/mol. The number of fused-ring (bicyclic) bond motifs is 1. The lowest BCUT2D eigenvalue weighted by atomic mass is 10.2. The zero-order valence-corrected chi connectivity index (χ0v) is 15.4. The Morgan fingerprint density at radius 3 is 2.45 bits per heavy atom. The molecule has 0 spiro atoms. The number of aromatic nitrogens is 2. The topological polar surface area (TPSA) is 59.5 Å². The molecule has 1 saturated heterocycles. The average molecular weight is 404 g/mol. The van der Waals surface area contributed by atoms with Crippen LogP contribution >= 0.6 is 0 Å². The minimum absolute atomic E-state index is 0.274. The van der Waals surface area contributed by atoms with Crippen LogP contribution < -0.4 is 10.1 Å². The Balaban J connectivity index is 1.58. The van der Waals surface area contributed by atoms with Gasteiger partial charge in [0.1, 0.15) is 17.4 Å². The molecule has 1 aromatic heterocycles. The smallest absolute Gasteiger partial charge is 0.406 e. The largest absolute Gasteiger partial charge is 0.573 e. The molecule has 0 aliphatic carbocycles. The summed E-state index contributed by atoms with van der Waals surface area (Å²) in [4.78, 5) is 11.5. The summed E-state index contributed by atoms with van der Waals surface area (Å²) in [5.41, 5.74) is 1.39. The molecule has 2 aromatic carbocycles. The molecule has 6 nitrogen and oxygen atoms in total. The maximum absolute atomic E-state index is 12.3. The summed E-state index contributed by atoms with van der Waals surface area (Å²) >= 11 is 0. The number of morpholine rings is 1. The van der Waals surface area contributed by atoms with Crippen LogP contribution in [0.3, 0.4) is 0 Å². The summed E-state index contributed by atoms with van der Waals surface area (Å²) in [6.07, 6.45) is -4.72. The second-order valence-corrected chi connectivity index (χ2v) is 6.59. The van der Waals surface area contributed by atoms with Gasteiger partial charge >= 0.3 is 6.36 Å². The number of alkyl halides is 3. The van der Waals surface area contributed by atoms with Crippen molar-refractivity contribution in [2.75, 3.05) is 31.6 Å². The van der Waals surface area contributed by atoms with Crippen molar-refractivity contribution in [1.29, 1.82) is 0 Å². The third-order valence-electron chi connectivity index (χ3n) is 4.47. The number of nitrogens with zero attached hydrogens (tertiary/aromatic N) is 3. The fraction of sp³-hybridized carbons (Fsp3) is 0.300. The Morgan fingerprint density at radius 1 is 1.00 bits per heavy atom. The molecule has 1 aliphatic rings. The summed E-state index contributed by atoms with van der Waals surface area (Å²) in [6, 6.07) is 13.1. The number of para-hydroxylation sites is 1. The maximum atomic E-state index is 12.3. The Labute approximate surface area is 165 Å². The highest BCUT2D eigenvalue weighted by atomic mass is 19.4. The number of rotatable bonds is 5. The van der Waals surface area contributed by atoms with Crippen molar-refractivity contribution in [3.05, 3.63) is 54.4 Å². The molecule has 1 aliphatic heterocycles. The molecule has 0 radical (unpaired) electrons. The molecule has 0 unspecified atom stereocenters. The van der Waals surface area contributed by atoms with Gasteiger partial charge < -0.3 is 14.8 Å². The van der Waals surface area contributed by atoms with E-state index in [2.05, 4.69) is 24.9 Å². The Morgan fingerprint density at radius 2 is 1.72 bits per heavy atom. The summed E-state index contributed by atoms with van der Waals surface area (Å²) in [7, 11) is 0. The summed E-state index contributed by atoms with van der Waals surface area (Å²) in [6.45, 7) is 3.61. The average Bonchev–Trinajstić information content (AvgIpc) is 2.69. The van der Waals surface area contributed by atoms with E-state index in [0.29, 0.717) is 37.1 Å². The van der Waals surface area contributed by atoms with Gasteiger partial charge in [-0.05, 0) is 36.4 Å². The molecule has 0 saturated carbocycles. The number of hydrogen-bond donors (Lipinski definition) is 1. The molecule has 1 N–H and O–H groups in total. The number of nitrogens with one attached hydrogen (secondary N) is 1. The third-order valence-corrected chi connectivity index (χ3v) is 4.47. The van der Waals surface area contributed by atoms with E-state index in [-0.39, 0.29) is 5.75 Å². The molecule has 4 rings (SSSR count). The van der Waals surface area contributed by atoms with Crippen molar-refractivity contribution in [2.24, 2.45) is 0 Å². The van der Waals surface area contributed by atoms with E-state index >= 15 is 0 Å². The first-order valence-corrected chi connectivity index (χ1v) is 9.15. The van der Waals surface area contributed by atoms with Crippen LogP contribution in [0.25, 0.3) is 10.9 Å². The van der Waals surface area contributed by atoms with Crippen LogP contribution in [-0.4, -0.2) is 47.5 Å². The van der Waals surface area contributed by atoms with E-state index in [1.165, 1.54) is 24.3 Å². The second-order valence-electron chi connectivity index (χ2n) is 6.59. The molecule has 1 fully saturated rings. The van der Waals surface area contributed by atoms with Gasteiger partial charge in [0.15, 0.2) is 0 Å². The molecule has 0 atom stereocenters. The standard InChI is InChI=1S/C20H19F3N4O2/c21-20(22,23)29-15-7-5-14(6-8-15)24-19-16-3-1-2-4-17(16)25-18(26-19)13-27-9-11-28-12-10-27/h1-8H,9-13H2,(H,24,25,26). The quantitative estimate of drug-likeness (QED) is 0.691. The van der Waals surface area contributed by atoms with Crippen LogP contribution in [0.1, 0.15) is 5.82 Å². The van der Waals surface area contributed by atoms with Gasteiger partial charge in [0.2, 0.25) is 0 Å². The zero-order chi connectivity index (χ0) is 20.3. The lowest BCUT2D eigenvalue weighted by Crippen LogP contribution is -2.36. The number of hydrogen-bond acceptors (Lipinski definition) is 6. The van der Waals surface area contributed by atoms with E-state index in [0.717, 1.165) is 24.0 Å². The first-order chi connectivity index (χ1) is 14.0. The van der Waals surface area contributed by atoms with Crippen molar-refractivity contribution < 1.29 is 22.6 Å². The van der Waals surface area contributed by atoms with E-state index < -0.39 is 6.36 Å². The third kappa shape index (κ3) is 5.12. The molecule has 29 heavy (non-hydrogen) atoms. The van der Waals surface area contributed by atoms with Crippen LogP contribution in [0.5, 0.6) is 5.75 Å². The lowest BCUT2D eigenvalue weighted by Gasteiger charge is -2.26. The molecule has 9 heteroatoms. The molecular formula is C20H19F3N4O2. The number of benzene rings is 2. The second kappa shape index (κ2) is 8.22. The van der Waals surface area contributed by atoms with E-state index in [1.54, 1.807) is 0 Å². The highest BCUT2D eigenvalue weighted by molar-refractivity contribution is 5.90. The zero-order valence-electron chi connectivity index (χ0n) is 15.4. The predicted octanol–water partition coefficient (Wildman–Crippen LogP) is 4.10. The summed E-state index contributed by atoms with van der Waals surface area (Å²) < 4.78 is 46.3. The summed E-state index contributed by atoms with van der Waals surface area (Å²) in [5.74, 6) is 0.997. The highest BCUT2D eigenvalue weighted by Gasteiger charge is 2.31. The van der Waals surface area contributed by atoms with Crippen molar-refractivity contribution in [2.45, 2.75) is 12.9 Å². The van der Waals surface area contributed by atoms with Gasteiger partial charge in [-0.25, -0.2) is 9.97 Å². The maximum Gasteiger partial charge on any atom is 0.573 e. The summed E-state index contributed by atoms with van der Waals surface area (Å²) in [5, 5.41) is 4.01. The fourth-order valence-corrected chi connectivity index (χ4v) is 3.13. The van der Waals surface area contributed by atoms with Gasteiger partial charge in [-0.1, -0.05) is 12.1 Å². The Bertz CT molecular complexity index is 974. The van der Waals surface area contributed by atoms with Gasteiger partial charge in [-0.3, -0.25) is 4.90 Å². The van der Waals surface area contributed by atoms with E-state index in [4.69, 9.17) is 4.74 Å². The first-order valence-electron chi connectivity index (χ1n) is 9.15. The van der Waals surface area contributed by atoms with Crippen molar-refractivity contribution in [1.82, 2.24) is 14.9 Å². The molecule has 0 bridgehead atoms. The van der Waals surface area contributed by atoms with E-state index in [9.17, 15) is 13.2 Å². The number of ether oxygens (including phenoxy) is 2. The molecule has 0 amide bonds. The monoisotopic (exact) mass is 404 g/mol. The van der Waals surface area contributed by atoms with Gasteiger partial charge in [-0.15, -0.1) is 13.2 Å². The van der Waals surface area contributed by atoms with Crippen molar-refractivity contribution in [3.8, 4) is 5.75 Å². The van der Waals surface area contributed by atoms with Gasteiger partial charge in [0.25, 0.3) is 0 Å². The highest BCUT2D eigenvalue weighted by Crippen LogP contribution is 2.27. The fourth-order valence-electron chi connectivity index (χ4n) is 3.13. The number of anilines is 2. The first kappa shape index (κ1) is 19.4. The number of halogens is 3. The van der Waals surface area contributed by atoms with Gasteiger partial charge in [0, 0.05) is 24.2 Å². The van der Waals surface area contributed by atoms with Crippen LogP contribution in [-0.2, 0) is 11.3 Å². The molecule has 3 aromatic rings. The van der Waals surface area contributed by atoms with Crippen LogP contribution in [0.2, 0.25) is 0 Å². The van der Waals surface area contributed by atoms with Crippen molar-refractivity contribution >= 4 is 22.4 Å².